The first-order valence-electron chi connectivity index (χ1n) is 11.2. The summed E-state index contributed by atoms with van der Waals surface area (Å²) in [5.74, 6) is 0.524. The number of amides is 2. The molecule has 2 saturated heterocycles. The summed E-state index contributed by atoms with van der Waals surface area (Å²) in [6.45, 7) is 13.2. The van der Waals surface area contributed by atoms with Gasteiger partial charge in [-0.25, -0.2) is 4.79 Å². The molecule has 0 bridgehead atoms. The summed E-state index contributed by atoms with van der Waals surface area (Å²) >= 11 is 0. The Bertz CT molecular complexity index is 716. The molecule has 1 aromatic carbocycles. The summed E-state index contributed by atoms with van der Waals surface area (Å²) in [6.07, 6.45) is 0.634. The molecule has 30 heavy (non-hydrogen) atoms. The number of hydrogen-bond acceptors (Lipinski definition) is 5. The predicted octanol–water partition coefficient (Wildman–Crippen LogP) is 2.44. The molecule has 0 radical (unpaired) electrons. The maximum atomic E-state index is 12.8. The third kappa shape index (κ3) is 6.36. The van der Waals surface area contributed by atoms with Crippen LogP contribution in [0.25, 0.3) is 0 Å². The Morgan fingerprint density at radius 1 is 0.967 bits per heavy atom. The fourth-order valence-corrected chi connectivity index (χ4v) is 3.97. The van der Waals surface area contributed by atoms with Crippen LogP contribution >= 0.6 is 0 Å². The van der Waals surface area contributed by atoms with Crippen LogP contribution in [-0.2, 0) is 9.53 Å². The van der Waals surface area contributed by atoms with Crippen molar-refractivity contribution < 1.29 is 14.3 Å². The minimum atomic E-state index is -0.232. The number of carbonyl (C=O) groups excluding carboxylic acids is 2. The molecule has 0 unspecified atom stereocenters. The Balaban J connectivity index is 1.42. The van der Waals surface area contributed by atoms with Crippen molar-refractivity contribution in [3.63, 3.8) is 0 Å². The van der Waals surface area contributed by atoms with Crippen molar-refractivity contribution in [3.8, 4) is 0 Å². The van der Waals surface area contributed by atoms with E-state index in [0.717, 1.165) is 39.1 Å². The molecule has 3 rings (SSSR count). The second-order valence-electron chi connectivity index (χ2n) is 8.79. The maximum absolute atomic E-state index is 12.8. The fraction of sp³-hybridized carbons (Fsp3) is 0.652. The quantitative estimate of drug-likeness (QED) is 0.738. The molecule has 2 aliphatic rings. The van der Waals surface area contributed by atoms with Gasteiger partial charge in [0, 0.05) is 58.0 Å². The van der Waals surface area contributed by atoms with Crippen LogP contribution in [0.5, 0.6) is 0 Å². The number of piperazine rings is 1. The van der Waals surface area contributed by atoms with Crippen molar-refractivity contribution in [2.24, 2.45) is 5.92 Å². The highest BCUT2D eigenvalue weighted by molar-refractivity contribution is 5.78. The van der Waals surface area contributed by atoms with E-state index in [9.17, 15) is 9.59 Å². The van der Waals surface area contributed by atoms with Crippen LogP contribution in [-0.4, -0.2) is 92.2 Å². The van der Waals surface area contributed by atoms with Gasteiger partial charge in [0.2, 0.25) is 5.91 Å². The molecule has 7 nitrogen and oxygen atoms in total. The molecular formula is C23H36N4O3. The monoisotopic (exact) mass is 416 g/mol. The number of carbonyl (C=O) groups is 2. The van der Waals surface area contributed by atoms with Crippen molar-refractivity contribution in [1.29, 1.82) is 0 Å². The van der Waals surface area contributed by atoms with E-state index >= 15 is 0 Å². The van der Waals surface area contributed by atoms with Crippen molar-refractivity contribution in [3.05, 3.63) is 29.8 Å². The lowest BCUT2D eigenvalue weighted by molar-refractivity contribution is -0.132. The second-order valence-corrected chi connectivity index (χ2v) is 8.79. The van der Waals surface area contributed by atoms with Gasteiger partial charge in [0.15, 0.2) is 0 Å². The van der Waals surface area contributed by atoms with Crippen LogP contribution in [0.15, 0.2) is 24.3 Å². The predicted molar refractivity (Wildman–Crippen MR) is 119 cm³/mol. The van der Waals surface area contributed by atoms with E-state index in [2.05, 4.69) is 41.0 Å². The van der Waals surface area contributed by atoms with E-state index in [-0.39, 0.29) is 12.0 Å². The molecule has 0 aromatic heterocycles. The summed E-state index contributed by atoms with van der Waals surface area (Å²) in [5.41, 5.74) is 2.49. The van der Waals surface area contributed by atoms with E-state index in [4.69, 9.17) is 4.74 Å². The van der Waals surface area contributed by atoms with E-state index in [1.54, 1.807) is 4.90 Å². The van der Waals surface area contributed by atoms with Gasteiger partial charge in [-0.2, -0.15) is 0 Å². The zero-order chi connectivity index (χ0) is 21.5. The third-order valence-electron chi connectivity index (χ3n) is 5.74. The maximum Gasteiger partial charge on any atom is 0.409 e. The largest absolute Gasteiger partial charge is 0.449 e. The van der Waals surface area contributed by atoms with Crippen molar-refractivity contribution in [2.75, 3.05) is 70.4 Å². The molecular weight excluding hydrogens is 380 g/mol. The first-order chi connectivity index (χ1) is 14.4. The number of hydrogen-bond donors (Lipinski definition) is 0. The number of benzene rings is 1. The first-order valence-corrected chi connectivity index (χ1v) is 11.2. The standard InChI is InChI=1S/C23H36N4O3/c1-19(2)18-30-23(29)27-9-5-8-24(10-11-27)17-22(28)26-14-12-25(13-15-26)21-7-4-6-20(3)16-21/h4,6-7,16,19H,5,8-15,17-18H2,1-3H3. The van der Waals surface area contributed by atoms with Crippen LogP contribution in [0.1, 0.15) is 25.8 Å². The van der Waals surface area contributed by atoms with E-state index in [1.807, 2.05) is 18.7 Å². The zero-order valence-electron chi connectivity index (χ0n) is 18.7. The third-order valence-corrected chi connectivity index (χ3v) is 5.74. The highest BCUT2D eigenvalue weighted by Crippen LogP contribution is 2.18. The van der Waals surface area contributed by atoms with Gasteiger partial charge in [-0.3, -0.25) is 9.69 Å². The smallest absolute Gasteiger partial charge is 0.409 e. The van der Waals surface area contributed by atoms with Gasteiger partial charge in [-0.05, 0) is 37.0 Å². The highest BCUT2D eigenvalue weighted by atomic mass is 16.6. The summed E-state index contributed by atoms with van der Waals surface area (Å²) in [6, 6.07) is 8.53. The Hall–Kier alpha value is -2.28. The molecule has 166 valence electrons. The van der Waals surface area contributed by atoms with Gasteiger partial charge >= 0.3 is 6.09 Å². The molecule has 7 heteroatoms. The zero-order valence-corrected chi connectivity index (χ0v) is 18.7. The molecule has 1 aromatic rings. The second kappa shape index (κ2) is 10.7. The molecule has 2 heterocycles. The topological polar surface area (TPSA) is 56.3 Å². The summed E-state index contributed by atoms with van der Waals surface area (Å²) < 4.78 is 5.35. The highest BCUT2D eigenvalue weighted by Gasteiger charge is 2.25. The van der Waals surface area contributed by atoms with Crippen LogP contribution in [0.3, 0.4) is 0 Å². The van der Waals surface area contributed by atoms with Gasteiger partial charge < -0.3 is 19.4 Å². The van der Waals surface area contributed by atoms with Crippen molar-refractivity contribution in [2.45, 2.75) is 27.2 Å². The Morgan fingerprint density at radius 3 is 2.40 bits per heavy atom. The molecule has 2 amide bonds. The number of rotatable bonds is 5. The number of aryl methyl sites for hydroxylation is 1. The van der Waals surface area contributed by atoms with E-state index in [1.165, 1.54) is 11.3 Å². The average Bonchev–Trinajstić information content (AvgIpc) is 2.97. The Morgan fingerprint density at radius 2 is 1.70 bits per heavy atom. The average molecular weight is 417 g/mol. The van der Waals surface area contributed by atoms with Crippen molar-refractivity contribution in [1.82, 2.24) is 14.7 Å². The molecule has 0 saturated carbocycles. The van der Waals surface area contributed by atoms with Crippen LogP contribution in [0.2, 0.25) is 0 Å². The SMILES string of the molecule is Cc1cccc(N2CCN(C(=O)CN3CCCN(C(=O)OCC(C)C)CC3)CC2)c1. The van der Waals surface area contributed by atoms with E-state index in [0.29, 0.717) is 38.7 Å². The van der Waals surface area contributed by atoms with Crippen LogP contribution in [0, 0.1) is 12.8 Å². The molecule has 2 aliphatic heterocycles. The molecule has 0 N–H and O–H groups in total. The Kier molecular flexibility index (Phi) is 7.96. The van der Waals surface area contributed by atoms with Gasteiger partial charge in [0.05, 0.1) is 13.2 Å². The fourth-order valence-electron chi connectivity index (χ4n) is 3.97. The number of anilines is 1. The Labute approximate surface area is 180 Å². The lowest BCUT2D eigenvalue weighted by Crippen LogP contribution is -2.51. The minimum Gasteiger partial charge on any atom is -0.449 e. The van der Waals surface area contributed by atoms with Gasteiger partial charge in [-0.1, -0.05) is 26.0 Å². The first kappa shape index (κ1) is 22.4. The molecule has 0 aliphatic carbocycles. The van der Waals surface area contributed by atoms with Crippen LogP contribution < -0.4 is 4.90 Å². The van der Waals surface area contributed by atoms with Gasteiger partial charge in [0.1, 0.15) is 0 Å². The number of nitrogens with zero attached hydrogens (tertiary/aromatic N) is 4. The normalized spacial score (nSPS) is 18.5. The summed E-state index contributed by atoms with van der Waals surface area (Å²) in [4.78, 5) is 33.3. The van der Waals surface area contributed by atoms with Crippen LogP contribution in [0.4, 0.5) is 10.5 Å². The molecule has 2 fully saturated rings. The number of ether oxygens (including phenoxy) is 1. The van der Waals surface area contributed by atoms with Crippen molar-refractivity contribution >= 4 is 17.7 Å². The van der Waals surface area contributed by atoms with E-state index < -0.39 is 0 Å². The summed E-state index contributed by atoms with van der Waals surface area (Å²) in [5, 5.41) is 0. The minimum absolute atomic E-state index is 0.190. The van der Waals surface area contributed by atoms with Gasteiger partial charge in [0.25, 0.3) is 0 Å². The molecule has 0 spiro atoms. The van der Waals surface area contributed by atoms with Gasteiger partial charge in [-0.15, -0.1) is 0 Å². The lowest BCUT2D eigenvalue weighted by Gasteiger charge is -2.37. The lowest BCUT2D eigenvalue weighted by atomic mass is 10.2. The molecule has 0 atom stereocenters. The summed E-state index contributed by atoms with van der Waals surface area (Å²) in [7, 11) is 0.